The standard InChI is InChI=1S/C27H41IN2O8/c1-16(2)27(35)30(8-6-10-37-17(3)4)21-13-19(26(34)29-7-9-31)14-22(24(21)33)38-25-20(28)11-18(15-32)12-23(25)36-5/h11-12,14,16-17,21-22,24,31-33H,6-10,13,15H2,1-5H3,(H,29,34). The van der Waals surface area contributed by atoms with E-state index in [0.717, 1.165) is 0 Å². The van der Waals surface area contributed by atoms with E-state index in [9.17, 15) is 24.9 Å². The number of benzene rings is 1. The van der Waals surface area contributed by atoms with Gasteiger partial charge < -0.3 is 39.7 Å². The number of amides is 2. The summed E-state index contributed by atoms with van der Waals surface area (Å²) < 4.78 is 18.0. The van der Waals surface area contributed by atoms with Crippen molar-refractivity contribution >= 4 is 34.4 Å². The maximum absolute atomic E-state index is 13.3. The average molecular weight is 649 g/mol. The van der Waals surface area contributed by atoms with Gasteiger partial charge in [-0.15, -0.1) is 0 Å². The molecule has 0 saturated heterocycles. The van der Waals surface area contributed by atoms with Gasteiger partial charge in [0.05, 0.1) is 36.0 Å². The van der Waals surface area contributed by atoms with Gasteiger partial charge in [-0.3, -0.25) is 9.59 Å². The highest BCUT2D eigenvalue weighted by atomic mass is 127. The van der Waals surface area contributed by atoms with Crippen LogP contribution < -0.4 is 14.8 Å². The zero-order valence-corrected chi connectivity index (χ0v) is 24.9. The van der Waals surface area contributed by atoms with Gasteiger partial charge in [0.1, 0.15) is 12.2 Å². The van der Waals surface area contributed by atoms with Crippen LogP contribution in [0.25, 0.3) is 0 Å². The van der Waals surface area contributed by atoms with Gasteiger partial charge in [0.2, 0.25) is 11.8 Å². The summed E-state index contributed by atoms with van der Waals surface area (Å²) in [5, 5.41) is 32.9. The Morgan fingerprint density at radius 1 is 1.21 bits per heavy atom. The second kappa shape index (κ2) is 15.6. The number of hydrogen-bond acceptors (Lipinski definition) is 8. The molecule has 4 N–H and O–H groups in total. The van der Waals surface area contributed by atoms with Crippen LogP contribution in [0.3, 0.4) is 0 Å². The van der Waals surface area contributed by atoms with Crippen LogP contribution in [0.4, 0.5) is 0 Å². The predicted octanol–water partition coefficient (Wildman–Crippen LogP) is 2.01. The van der Waals surface area contributed by atoms with E-state index in [1.54, 1.807) is 37.0 Å². The SMILES string of the molecule is COc1cc(CO)cc(I)c1OC1C=C(C(=O)NCCO)CC(N(CCCOC(C)C)C(=O)C(C)C)C1O. The summed E-state index contributed by atoms with van der Waals surface area (Å²) in [5.74, 6) is -0.141. The molecule has 2 rings (SSSR count). The summed E-state index contributed by atoms with van der Waals surface area (Å²) in [6.45, 7) is 7.94. The van der Waals surface area contributed by atoms with E-state index in [4.69, 9.17) is 14.2 Å². The van der Waals surface area contributed by atoms with Crippen LogP contribution in [0.15, 0.2) is 23.8 Å². The van der Waals surface area contributed by atoms with E-state index in [1.165, 1.54) is 7.11 Å². The van der Waals surface area contributed by atoms with Crippen LogP contribution in [0.1, 0.15) is 46.1 Å². The number of carbonyl (C=O) groups is 2. The fourth-order valence-electron chi connectivity index (χ4n) is 4.22. The maximum Gasteiger partial charge on any atom is 0.247 e. The molecule has 2 amide bonds. The number of halogens is 1. The summed E-state index contributed by atoms with van der Waals surface area (Å²) in [4.78, 5) is 27.9. The minimum atomic E-state index is -1.14. The molecule has 0 aliphatic heterocycles. The molecule has 0 spiro atoms. The van der Waals surface area contributed by atoms with Crippen molar-refractivity contribution in [3.8, 4) is 11.5 Å². The third-order valence-electron chi connectivity index (χ3n) is 6.11. The first kappa shape index (κ1) is 32.3. The number of methoxy groups -OCH3 is 1. The lowest BCUT2D eigenvalue weighted by atomic mass is 9.87. The molecule has 38 heavy (non-hydrogen) atoms. The zero-order chi connectivity index (χ0) is 28.4. The predicted molar refractivity (Wildman–Crippen MR) is 151 cm³/mol. The third kappa shape index (κ3) is 8.80. The maximum atomic E-state index is 13.3. The molecule has 0 bridgehead atoms. The van der Waals surface area contributed by atoms with Gasteiger partial charge in [-0.2, -0.15) is 0 Å². The molecule has 3 unspecified atom stereocenters. The smallest absolute Gasteiger partial charge is 0.247 e. The number of aliphatic hydroxyl groups excluding tert-OH is 3. The first-order valence-corrected chi connectivity index (χ1v) is 14.0. The molecule has 1 aliphatic rings. The van der Waals surface area contributed by atoms with Crippen LogP contribution in [0, 0.1) is 9.49 Å². The van der Waals surface area contributed by atoms with Crippen molar-refractivity contribution in [1.82, 2.24) is 10.2 Å². The molecule has 11 heteroatoms. The molecular formula is C27H41IN2O8. The van der Waals surface area contributed by atoms with Crippen LogP contribution in [-0.4, -0.2) is 89.8 Å². The van der Waals surface area contributed by atoms with Crippen molar-refractivity contribution in [3.05, 3.63) is 32.9 Å². The number of rotatable bonds is 14. The first-order chi connectivity index (χ1) is 18.0. The quantitative estimate of drug-likeness (QED) is 0.178. The molecule has 0 saturated carbocycles. The van der Waals surface area contributed by atoms with E-state index in [-0.39, 0.29) is 44.1 Å². The van der Waals surface area contributed by atoms with Crippen molar-refractivity contribution in [3.63, 3.8) is 0 Å². The molecule has 0 radical (unpaired) electrons. The van der Waals surface area contributed by atoms with E-state index in [0.29, 0.717) is 45.8 Å². The lowest BCUT2D eigenvalue weighted by Crippen LogP contribution is -2.56. The van der Waals surface area contributed by atoms with E-state index in [2.05, 4.69) is 27.9 Å². The number of hydrogen-bond donors (Lipinski definition) is 4. The van der Waals surface area contributed by atoms with Gasteiger partial charge >= 0.3 is 0 Å². The highest BCUT2D eigenvalue weighted by Crippen LogP contribution is 2.37. The molecule has 1 aliphatic carbocycles. The van der Waals surface area contributed by atoms with Crippen molar-refractivity contribution in [2.24, 2.45) is 5.92 Å². The Morgan fingerprint density at radius 2 is 1.92 bits per heavy atom. The highest BCUT2D eigenvalue weighted by Gasteiger charge is 2.41. The largest absolute Gasteiger partial charge is 0.493 e. The molecule has 1 aromatic carbocycles. The summed E-state index contributed by atoms with van der Waals surface area (Å²) in [6.07, 6.45) is 0.191. The third-order valence-corrected chi connectivity index (χ3v) is 6.91. The van der Waals surface area contributed by atoms with Gasteiger partial charge in [0, 0.05) is 37.6 Å². The Kier molecular flexibility index (Phi) is 13.3. The lowest BCUT2D eigenvalue weighted by Gasteiger charge is -2.41. The molecule has 214 valence electrons. The van der Waals surface area contributed by atoms with E-state index < -0.39 is 24.2 Å². The Balaban J connectivity index is 2.45. The number of ether oxygens (including phenoxy) is 3. The topological polar surface area (TPSA) is 138 Å². The Bertz CT molecular complexity index is 969. The normalized spacial score (nSPS) is 19.3. The van der Waals surface area contributed by atoms with Crippen molar-refractivity contribution in [2.45, 2.75) is 71.5 Å². The van der Waals surface area contributed by atoms with Crippen LogP contribution in [-0.2, 0) is 20.9 Å². The molecule has 3 atom stereocenters. The van der Waals surface area contributed by atoms with E-state index in [1.807, 2.05) is 13.8 Å². The number of nitrogens with zero attached hydrogens (tertiary/aromatic N) is 1. The average Bonchev–Trinajstić information content (AvgIpc) is 2.88. The minimum absolute atomic E-state index is 0.0572. The molecular weight excluding hydrogens is 607 g/mol. The number of carbonyl (C=O) groups excluding carboxylic acids is 2. The Hall–Kier alpha value is -1.93. The van der Waals surface area contributed by atoms with Gasteiger partial charge in [-0.25, -0.2) is 0 Å². The van der Waals surface area contributed by atoms with Gasteiger partial charge in [0.15, 0.2) is 11.5 Å². The molecule has 0 aromatic heterocycles. The lowest BCUT2D eigenvalue weighted by molar-refractivity contribution is -0.142. The second-order valence-electron chi connectivity index (χ2n) is 9.74. The van der Waals surface area contributed by atoms with Gasteiger partial charge in [0.25, 0.3) is 0 Å². The summed E-state index contributed by atoms with van der Waals surface area (Å²) >= 11 is 2.06. The first-order valence-electron chi connectivity index (χ1n) is 12.9. The number of aliphatic hydroxyl groups is 3. The highest BCUT2D eigenvalue weighted by molar-refractivity contribution is 14.1. The molecule has 10 nitrogen and oxygen atoms in total. The van der Waals surface area contributed by atoms with Gasteiger partial charge in [-0.1, -0.05) is 13.8 Å². The second-order valence-corrected chi connectivity index (χ2v) is 10.9. The monoisotopic (exact) mass is 648 g/mol. The Labute approximate surface area is 238 Å². The van der Waals surface area contributed by atoms with Crippen LogP contribution >= 0.6 is 22.6 Å². The van der Waals surface area contributed by atoms with Gasteiger partial charge in [-0.05, 0) is 66.6 Å². The fourth-order valence-corrected chi connectivity index (χ4v) is 5.01. The van der Waals surface area contributed by atoms with E-state index >= 15 is 0 Å². The summed E-state index contributed by atoms with van der Waals surface area (Å²) in [7, 11) is 1.48. The zero-order valence-electron chi connectivity index (χ0n) is 22.8. The van der Waals surface area contributed by atoms with Crippen LogP contribution in [0.5, 0.6) is 11.5 Å². The Morgan fingerprint density at radius 3 is 2.50 bits per heavy atom. The molecule has 0 fully saturated rings. The summed E-state index contributed by atoms with van der Waals surface area (Å²) in [5.41, 5.74) is 0.984. The fraction of sp³-hybridized carbons (Fsp3) is 0.630. The van der Waals surface area contributed by atoms with Crippen LogP contribution in [0.2, 0.25) is 0 Å². The molecule has 0 heterocycles. The summed E-state index contributed by atoms with van der Waals surface area (Å²) in [6, 6.07) is 2.66. The van der Waals surface area contributed by atoms with Crippen molar-refractivity contribution in [1.29, 1.82) is 0 Å². The number of nitrogens with one attached hydrogen (secondary N) is 1. The van der Waals surface area contributed by atoms with Crippen molar-refractivity contribution < 1.29 is 39.1 Å². The van der Waals surface area contributed by atoms with Crippen molar-refractivity contribution in [2.75, 3.05) is 33.4 Å². The minimum Gasteiger partial charge on any atom is -0.493 e. The molecule has 1 aromatic rings.